The molecule has 1 aliphatic rings. The molecule has 0 bridgehead atoms. The lowest BCUT2D eigenvalue weighted by Crippen LogP contribution is -2.29. The van der Waals surface area contributed by atoms with Gasteiger partial charge in [0.1, 0.15) is 0 Å². The first-order chi connectivity index (χ1) is 12.6. The Morgan fingerprint density at radius 1 is 1.11 bits per heavy atom. The summed E-state index contributed by atoms with van der Waals surface area (Å²) >= 11 is 0. The Kier molecular flexibility index (Phi) is 5.11. The van der Waals surface area contributed by atoms with E-state index in [2.05, 4.69) is 4.72 Å². The van der Waals surface area contributed by atoms with Crippen molar-refractivity contribution >= 4 is 31.6 Å². The van der Waals surface area contributed by atoms with Gasteiger partial charge >= 0.3 is 0 Å². The number of sulfonamides is 2. The van der Waals surface area contributed by atoms with Crippen LogP contribution in [0.15, 0.2) is 47.4 Å². The van der Waals surface area contributed by atoms with Gasteiger partial charge in [-0.1, -0.05) is 29.8 Å². The third-order valence-electron chi connectivity index (χ3n) is 4.31. The molecule has 0 unspecified atom stereocenters. The molecular weight excluding hydrogens is 388 g/mol. The van der Waals surface area contributed by atoms with Crippen LogP contribution in [-0.2, 0) is 31.4 Å². The van der Waals surface area contributed by atoms with Crippen LogP contribution < -0.4 is 9.03 Å². The summed E-state index contributed by atoms with van der Waals surface area (Å²) in [5, 5.41) is 0. The van der Waals surface area contributed by atoms with E-state index >= 15 is 0 Å². The highest BCUT2D eigenvalue weighted by molar-refractivity contribution is 7.94. The van der Waals surface area contributed by atoms with Gasteiger partial charge in [0.05, 0.1) is 16.3 Å². The van der Waals surface area contributed by atoms with Crippen molar-refractivity contribution in [2.45, 2.75) is 31.7 Å². The van der Waals surface area contributed by atoms with Gasteiger partial charge in [-0.2, -0.15) is 0 Å². The maximum atomic E-state index is 12.6. The number of nitrogens with one attached hydrogen (secondary N) is 1. The minimum Gasteiger partial charge on any atom is -0.273 e. The Morgan fingerprint density at radius 2 is 1.85 bits per heavy atom. The van der Waals surface area contributed by atoms with Crippen molar-refractivity contribution in [1.29, 1.82) is 0 Å². The van der Waals surface area contributed by atoms with E-state index in [-0.39, 0.29) is 29.3 Å². The number of hydrogen-bond acceptors (Lipinski definition) is 5. The van der Waals surface area contributed by atoms with Gasteiger partial charge in [0.25, 0.3) is 0 Å². The fourth-order valence-electron chi connectivity index (χ4n) is 3.01. The smallest absolute Gasteiger partial charge is 0.242 e. The molecule has 0 saturated carbocycles. The summed E-state index contributed by atoms with van der Waals surface area (Å²) in [6.45, 7) is 3.64. The Bertz CT molecular complexity index is 1110. The van der Waals surface area contributed by atoms with Gasteiger partial charge in [-0.15, -0.1) is 0 Å². The molecule has 27 heavy (non-hydrogen) atoms. The summed E-state index contributed by atoms with van der Waals surface area (Å²) in [7, 11) is -7.47. The molecule has 1 heterocycles. The summed E-state index contributed by atoms with van der Waals surface area (Å²) in [5.41, 5.74) is 2.39. The zero-order valence-corrected chi connectivity index (χ0v) is 16.6. The third kappa shape index (κ3) is 4.05. The molecule has 2 aromatic rings. The van der Waals surface area contributed by atoms with E-state index in [0.29, 0.717) is 5.56 Å². The van der Waals surface area contributed by atoms with E-state index in [1.807, 2.05) is 31.2 Å². The largest absolute Gasteiger partial charge is 0.273 e. The standard InChI is InChI=1S/C18H20N2O5S2/c1-13-4-3-5-15(10-13)12-19-27(24,25)17-7-6-16(11-14(17)2)20-18(21)8-9-26(20,22)23/h3-7,10-11,19H,8-9,12H2,1-2H3. The lowest BCUT2D eigenvalue weighted by molar-refractivity contribution is -0.116. The molecule has 7 nitrogen and oxygen atoms in total. The van der Waals surface area contributed by atoms with Gasteiger partial charge in [-0.3, -0.25) is 4.79 Å². The minimum absolute atomic E-state index is 0.0444. The molecule has 3 rings (SSSR count). The van der Waals surface area contributed by atoms with Crippen LogP contribution in [0.3, 0.4) is 0 Å². The van der Waals surface area contributed by atoms with E-state index < -0.39 is 26.0 Å². The molecule has 1 amide bonds. The fraction of sp³-hybridized carbons (Fsp3) is 0.278. The van der Waals surface area contributed by atoms with Gasteiger partial charge in [-0.05, 0) is 43.2 Å². The average molecular weight is 409 g/mol. The number of rotatable bonds is 5. The molecule has 9 heteroatoms. The van der Waals surface area contributed by atoms with Crippen LogP contribution in [0.5, 0.6) is 0 Å². The lowest BCUT2D eigenvalue weighted by Gasteiger charge is -2.17. The summed E-state index contributed by atoms with van der Waals surface area (Å²) in [5.74, 6) is -0.745. The van der Waals surface area contributed by atoms with E-state index in [4.69, 9.17) is 0 Å². The number of benzene rings is 2. The Labute approximate surface area is 159 Å². The first kappa shape index (κ1) is 19.5. The summed E-state index contributed by atoms with van der Waals surface area (Å²) in [4.78, 5) is 11.9. The van der Waals surface area contributed by atoms with Crippen LogP contribution in [0.25, 0.3) is 0 Å². The number of nitrogens with zero attached hydrogens (tertiary/aromatic N) is 1. The van der Waals surface area contributed by atoms with Crippen molar-refractivity contribution in [3.05, 3.63) is 59.2 Å². The average Bonchev–Trinajstić information content (AvgIpc) is 2.86. The molecule has 1 saturated heterocycles. The number of carbonyl (C=O) groups is 1. The SMILES string of the molecule is Cc1cccc(CNS(=O)(=O)c2ccc(N3C(=O)CCS3(=O)=O)cc2C)c1. The number of anilines is 1. The second-order valence-corrected chi connectivity index (χ2v) is 10.2. The molecule has 1 aliphatic heterocycles. The molecule has 0 radical (unpaired) electrons. The maximum Gasteiger partial charge on any atom is 0.242 e. The molecule has 1 fully saturated rings. The highest BCUT2D eigenvalue weighted by Crippen LogP contribution is 2.28. The highest BCUT2D eigenvalue weighted by atomic mass is 32.2. The molecule has 0 spiro atoms. The summed E-state index contributed by atoms with van der Waals surface area (Å²) in [6.07, 6.45) is -0.0700. The van der Waals surface area contributed by atoms with Crippen LogP contribution in [0.2, 0.25) is 0 Å². The first-order valence-electron chi connectivity index (χ1n) is 8.32. The topological polar surface area (TPSA) is 101 Å². The molecule has 0 aromatic heterocycles. The van der Waals surface area contributed by atoms with Crippen molar-refractivity contribution in [1.82, 2.24) is 4.72 Å². The van der Waals surface area contributed by atoms with Crippen molar-refractivity contribution < 1.29 is 21.6 Å². The van der Waals surface area contributed by atoms with E-state index in [0.717, 1.165) is 15.4 Å². The van der Waals surface area contributed by atoms with Crippen LogP contribution in [0, 0.1) is 13.8 Å². The van der Waals surface area contributed by atoms with Crippen molar-refractivity contribution in [3.63, 3.8) is 0 Å². The number of carbonyl (C=O) groups excluding carboxylic acids is 1. The van der Waals surface area contributed by atoms with Crippen LogP contribution in [0.4, 0.5) is 5.69 Å². The van der Waals surface area contributed by atoms with Gasteiger partial charge in [-0.25, -0.2) is 25.9 Å². The predicted octanol–water partition coefficient (Wildman–Crippen LogP) is 1.85. The molecule has 0 atom stereocenters. The predicted molar refractivity (Wildman–Crippen MR) is 102 cm³/mol. The fourth-order valence-corrected chi connectivity index (χ4v) is 5.70. The maximum absolute atomic E-state index is 12.6. The van der Waals surface area contributed by atoms with Crippen molar-refractivity contribution in [3.8, 4) is 0 Å². The van der Waals surface area contributed by atoms with E-state index in [1.165, 1.54) is 18.2 Å². The Balaban J connectivity index is 1.85. The van der Waals surface area contributed by atoms with Gasteiger partial charge in [0.15, 0.2) is 0 Å². The molecular formula is C18H20N2O5S2. The molecule has 1 N–H and O–H groups in total. The summed E-state index contributed by atoms with van der Waals surface area (Å²) in [6, 6.07) is 11.6. The first-order valence-corrected chi connectivity index (χ1v) is 11.4. The van der Waals surface area contributed by atoms with Crippen molar-refractivity contribution in [2.24, 2.45) is 0 Å². The normalized spacial score (nSPS) is 16.7. The Hall–Kier alpha value is -2.23. The van der Waals surface area contributed by atoms with Gasteiger partial charge in [0.2, 0.25) is 26.0 Å². The molecule has 144 valence electrons. The number of hydrogen-bond donors (Lipinski definition) is 1. The second kappa shape index (κ2) is 7.06. The van der Waals surface area contributed by atoms with Crippen LogP contribution >= 0.6 is 0 Å². The summed E-state index contributed by atoms with van der Waals surface area (Å²) < 4.78 is 52.6. The minimum atomic E-state index is -3.79. The molecule has 2 aromatic carbocycles. The quantitative estimate of drug-likeness (QED) is 0.814. The highest BCUT2D eigenvalue weighted by Gasteiger charge is 2.36. The second-order valence-electron chi connectivity index (χ2n) is 6.49. The monoisotopic (exact) mass is 408 g/mol. The lowest BCUT2D eigenvalue weighted by atomic mass is 10.1. The van der Waals surface area contributed by atoms with Crippen molar-refractivity contribution in [2.75, 3.05) is 10.1 Å². The number of aryl methyl sites for hydroxylation is 2. The van der Waals surface area contributed by atoms with Crippen LogP contribution in [0.1, 0.15) is 23.1 Å². The van der Waals surface area contributed by atoms with Gasteiger partial charge in [0, 0.05) is 13.0 Å². The van der Waals surface area contributed by atoms with E-state index in [1.54, 1.807) is 6.92 Å². The zero-order chi connectivity index (χ0) is 19.8. The van der Waals surface area contributed by atoms with Gasteiger partial charge < -0.3 is 0 Å². The third-order valence-corrected chi connectivity index (χ3v) is 7.56. The van der Waals surface area contributed by atoms with E-state index in [9.17, 15) is 21.6 Å². The Morgan fingerprint density at radius 3 is 2.44 bits per heavy atom. The number of amides is 1. The molecule has 0 aliphatic carbocycles. The van der Waals surface area contributed by atoms with Crippen LogP contribution in [-0.4, -0.2) is 28.5 Å². The zero-order valence-electron chi connectivity index (χ0n) is 15.0.